The Morgan fingerprint density at radius 3 is 2.85 bits per heavy atom. The van der Waals surface area contributed by atoms with E-state index in [2.05, 4.69) is 15.5 Å². The number of fused-ring (bicyclic) bond motifs is 1. The predicted molar refractivity (Wildman–Crippen MR) is 82.4 cm³/mol. The van der Waals surface area contributed by atoms with Crippen LogP contribution in [0.3, 0.4) is 0 Å². The molecule has 0 atom stereocenters. The van der Waals surface area contributed by atoms with Crippen LogP contribution in [-0.4, -0.2) is 29.5 Å². The second kappa shape index (κ2) is 5.54. The maximum atomic E-state index is 5.38. The third-order valence-electron chi connectivity index (χ3n) is 3.18. The number of nitrogens with zero attached hydrogens (tertiary/aromatic N) is 2. The summed E-state index contributed by atoms with van der Waals surface area (Å²) in [5.41, 5.74) is 5.11. The first-order valence-corrected chi connectivity index (χ1v) is 7.30. The van der Waals surface area contributed by atoms with Gasteiger partial charge in [0, 0.05) is 11.3 Å². The Hall–Kier alpha value is -1.40. The van der Waals surface area contributed by atoms with Crippen molar-refractivity contribution in [3.8, 4) is 11.5 Å². The molecule has 1 N–H and O–H groups in total. The van der Waals surface area contributed by atoms with Crippen LogP contribution in [0.4, 0.5) is 0 Å². The van der Waals surface area contributed by atoms with Gasteiger partial charge in [-0.3, -0.25) is 10.4 Å². The molecular formula is C13H14ClN3O2S. The lowest BCUT2D eigenvalue weighted by Crippen LogP contribution is -2.25. The molecule has 7 heteroatoms. The van der Waals surface area contributed by atoms with Crippen molar-refractivity contribution < 1.29 is 9.47 Å². The van der Waals surface area contributed by atoms with E-state index in [0.29, 0.717) is 12.8 Å². The maximum absolute atomic E-state index is 5.38. The molecule has 0 unspecified atom stereocenters. The molecule has 3 aliphatic rings. The van der Waals surface area contributed by atoms with Gasteiger partial charge in [-0.15, -0.1) is 12.4 Å². The molecule has 1 aromatic carbocycles. The van der Waals surface area contributed by atoms with E-state index in [1.807, 2.05) is 18.2 Å². The molecule has 20 heavy (non-hydrogen) atoms. The normalized spacial score (nSPS) is 22.0. The van der Waals surface area contributed by atoms with Gasteiger partial charge in [0.2, 0.25) is 6.79 Å². The molecule has 1 aromatic rings. The summed E-state index contributed by atoms with van der Waals surface area (Å²) >= 11 is 1.70. The fraction of sp³-hybridized carbons (Fsp3) is 0.385. The number of halogens is 1. The van der Waals surface area contributed by atoms with E-state index in [1.54, 1.807) is 11.8 Å². The molecule has 5 nitrogen and oxygen atoms in total. The Balaban J connectivity index is 0.00000121. The number of nitrogens with one attached hydrogen (secondary N) is 1. The summed E-state index contributed by atoms with van der Waals surface area (Å²) in [4.78, 5) is 4.55. The van der Waals surface area contributed by atoms with Crippen LogP contribution in [0.15, 0.2) is 28.3 Å². The number of rotatable bonds is 2. The molecule has 0 aromatic heterocycles. The van der Waals surface area contributed by atoms with E-state index in [-0.39, 0.29) is 12.4 Å². The Morgan fingerprint density at radius 1 is 1.25 bits per heavy atom. The highest BCUT2D eigenvalue weighted by Crippen LogP contribution is 2.33. The molecule has 0 amide bonds. The minimum absolute atomic E-state index is 0. The van der Waals surface area contributed by atoms with E-state index in [4.69, 9.17) is 9.47 Å². The van der Waals surface area contributed by atoms with Gasteiger partial charge in [0.25, 0.3) is 0 Å². The molecular weight excluding hydrogens is 298 g/mol. The number of thioether (sulfide) groups is 1. The average molecular weight is 312 g/mol. The molecule has 4 rings (SSSR count). The van der Waals surface area contributed by atoms with E-state index in [1.165, 1.54) is 12.8 Å². The molecule has 1 aliphatic carbocycles. The summed E-state index contributed by atoms with van der Waals surface area (Å²) in [5.74, 6) is 2.43. The minimum atomic E-state index is 0. The van der Waals surface area contributed by atoms with Crippen molar-refractivity contribution in [1.82, 2.24) is 5.43 Å². The van der Waals surface area contributed by atoms with Crippen molar-refractivity contribution in [2.75, 3.05) is 12.5 Å². The smallest absolute Gasteiger partial charge is 0.231 e. The summed E-state index contributed by atoms with van der Waals surface area (Å²) < 4.78 is 10.7. The Labute approximate surface area is 127 Å². The second-order valence-corrected chi connectivity index (χ2v) is 5.66. The highest BCUT2D eigenvalue weighted by atomic mass is 35.5. The van der Waals surface area contributed by atoms with Crippen LogP contribution in [0.5, 0.6) is 11.5 Å². The van der Waals surface area contributed by atoms with Gasteiger partial charge >= 0.3 is 0 Å². The third kappa shape index (κ3) is 2.71. The second-order valence-electron chi connectivity index (χ2n) is 4.69. The van der Waals surface area contributed by atoms with Crippen molar-refractivity contribution >= 4 is 35.0 Å². The number of hydrogen-bond donors (Lipinski definition) is 1. The van der Waals surface area contributed by atoms with E-state index in [9.17, 15) is 0 Å². The van der Waals surface area contributed by atoms with Crippen LogP contribution >= 0.6 is 24.2 Å². The summed E-state index contributed by atoms with van der Waals surface area (Å²) in [7, 11) is 0. The molecule has 2 heterocycles. The van der Waals surface area contributed by atoms with Gasteiger partial charge in [-0.25, -0.2) is 0 Å². The van der Waals surface area contributed by atoms with Crippen LogP contribution in [0.1, 0.15) is 18.4 Å². The van der Waals surface area contributed by atoms with Crippen LogP contribution in [0, 0.1) is 0 Å². The fourth-order valence-corrected chi connectivity index (χ4v) is 2.81. The lowest BCUT2D eigenvalue weighted by molar-refractivity contribution is 0.174. The van der Waals surface area contributed by atoms with Gasteiger partial charge in [-0.2, -0.15) is 5.10 Å². The van der Waals surface area contributed by atoms with E-state index < -0.39 is 0 Å². The molecule has 0 radical (unpaired) electrons. The molecule has 2 aliphatic heterocycles. The summed E-state index contributed by atoms with van der Waals surface area (Å²) in [6.45, 7) is 0.302. The van der Waals surface area contributed by atoms with Crippen molar-refractivity contribution in [3.05, 3.63) is 23.8 Å². The SMILES string of the molecule is Cl.c1cc2c(cc1C1=NNC(=NC3CC3)SC1)OCO2. The number of amidine groups is 1. The molecule has 106 valence electrons. The van der Waals surface area contributed by atoms with Gasteiger partial charge in [0.15, 0.2) is 16.7 Å². The zero-order valence-corrected chi connectivity index (χ0v) is 12.3. The number of hydrogen-bond acceptors (Lipinski definition) is 5. The van der Waals surface area contributed by atoms with Crippen LogP contribution in [0.25, 0.3) is 0 Å². The molecule has 0 spiro atoms. The lowest BCUT2D eigenvalue weighted by atomic mass is 10.1. The van der Waals surface area contributed by atoms with Crippen LogP contribution in [-0.2, 0) is 0 Å². The molecule has 0 saturated heterocycles. The van der Waals surface area contributed by atoms with Crippen molar-refractivity contribution in [1.29, 1.82) is 0 Å². The van der Waals surface area contributed by atoms with Crippen LogP contribution < -0.4 is 14.9 Å². The van der Waals surface area contributed by atoms with E-state index >= 15 is 0 Å². The zero-order valence-electron chi connectivity index (χ0n) is 10.7. The number of benzene rings is 1. The van der Waals surface area contributed by atoms with Gasteiger partial charge in [0.05, 0.1) is 11.8 Å². The summed E-state index contributed by atoms with van der Waals surface area (Å²) in [5, 5.41) is 5.34. The highest BCUT2D eigenvalue weighted by molar-refractivity contribution is 8.14. The van der Waals surface area contributed by atoms with E-state index in [0.717, 1.165) is 33.7 Å². The zero-order chi connectivity index (χ0) is 12.7. The lowest BCUT2D eigenvalue weighted by Gasteiger charge is -2.15. The van der Waals surface area contributed by atoms with Gasteiger partial charge in [-0.05, 0) is 31.0 Å². The predicted octanol–water partition coefficient (Wildman–Crippen LogP) is 2.40. The van der Waals surface area contributed by atoms with Gasteiger partial charge in [-0.1, -0.05) is 11.8 Å². The Bertz CT molecular complexity index is 587. The Kier molecular flexibility index (Phi) is 3.76. The fourth-order valence-electron chi connectivity index (χ4n) is 1.98. The summed E-state index contributed by atoms with van der Waals surface area (Å²) in [6.07, 6.45) is 2.43. The third-order valence-corrected chi connectivity index (χ3v) is 4.07. The quantitative estimate of drug-likeness (QED) is 0.911. The van der Waals surface area contributed by atoms with Gasteiger partial charge in [0.1, 0.15) is 0 Å². The van der Waals surface area contributed by atoms with Crippen molar-refractivity contribution in [2.24, 2.45) is 10.1 Å². The minimum Gasteiger partial charge on any atom is -0.454 e. The largest absolute Gasteiger partial charge is 0.454 e. The number of hydrazone groups is 1. The molecule has 1 fully saturated rings. The Morgan fingerprint density at radius 2 is 2.10 bits per heavy atom. The molecule has 0 bridgehead atoms. The maximum Gasteiger partial charge on any atom is 0.231 e. The van der Waals surface area contributed by atoms with Crippen molar-refractivity contribution in [3.63, 3.8) is 0 Å². The number of ether oxygens (including phenoxy) is 2. The average Bonchev–Trinajstić information content (AvgIpc) is 3.14. The first kappa shape index (κ1) is 13.6. The monoisotopic (exact) mass is 311 g/mol. The summed E-state index contributed by atoms with van der Waals surface area (Å²) in [6, 6.07) is 6.44. The standard InChI is InChI=1S/C13H13N3O2S.ClH/c1-4-11-12(18-7-17-11)5-8(1)10-6-19-13(16-15-10)14-9-2-3-9;/h1,4-5,9H,2-3,6-7H2,(H,14,16);1H. The van der Waals surface area contributed by atoms with Crippen LogP contribution in [0.2, 0.25) is 0 Å². The first-order chi connectivity index (χ1) is 9.38. The first-order valence-electron chi connectivity index (χ1n) is 6.32. The topological polar surface area (TPSA) is 55.2 Å². The van der Waals surface area contributed by atoms with Crippen molar-refractivity contribution in [2.45, 2.75) is 18.9 Å². The highest BCUT2D eigenvalue weighted by Gasteiger charge is 2.23. The molecule has 1 saturated carbocycles. The number of aliphatic imine (C=N–C) groups is 1. The van der Waals surface area contributed by atoms with Gasteiger partial charge < -0.3 is 9.47 Å².